The predicted octanol–water partition coefficient (Wildman–Crippen LogP) is 3.16. The average molecular weight is 621 g/mol. The number of piperazine rings is 2. The molecular weight excluding hydrogens is 581 g/mol. The van der Waals surface area contributed by atoms with E-state index in [0.29, 0.717) is 24.6 Å². The van der Waals surface area contributed by atoms with Crippen LogP contribution in [0.2, 0.25) is 0 Å². The van der Waals surface area contributed by atoms with Crippen LogP contribution in [-0.2, 0) is 13.1 Å². The van der Waals surface area contributed by atoms with Gasteiger partial charge in [0.1, 0.15) is 20.1 Å². The summed E-state index contributed by atoms with van der Waals surface area (Å²) in [5.41, 5.74) is 1.86. The first kappa shape index (κ1) is 31.3. The van der Waals surface area contributed by atoms with Crippen LogP contribution in [0.3, 0.4) is 0 Å². The third kappa shape index (κ3) is 10.0. The molecule has 0 bridgehead atoms. The van der Waals surface area contributed by atoms with Gasteiger partial charge in [0.2, 0.25) is 0 Å². The van der Waals surface area contributed by atoms with Crippen LogP contribution in [0.15, 0.2) is 48.5 Å². The molecule has 2 aliphatic rings. The first-order chi connectivity index (χ1) is 19.5. The van der Waals surface area contributed by atoms with Gasteiger partial charge in [-0.05, 0) is 33.7 Å². The SMILES string of the molecule is Oc1ccccc1CNCCN1CCN(C(=S)SSC(=S)N2CCN(CCNCc3ccccc3O)CC2)CC1. The Morgan fingerprint density at radius 2 is 1.00 bits per heavy atom. The number of rotatable bonds is 10. The van der Waals surface area contributed by atoms with Gasteiger partial charge in [-0.25, -0.2) is 0 Å². The van der Waals surface area contributed by atoms with Crippen LogP contribution in [0.25, 0.3) is 0 Å². The zero-order valence-corrected chi connectivity index (χ0v) is 26.1. The lowest BCUT2D eigenvalue weighted by Gasteiger charge is -2.37. The molecule has 0 radical (unpaired) electrons. The minimum absolute atomic E-state index is 0.347. The summed E-state index contributed by atoms with van der Waals surface area (Å²) < 4.78 is 1.83. The van der Waals surface area contributed by atoms with Crippen LogP contribution in [0.5, 0.6) is 11.5 Å². The van der Waals surface area contributed by atoms with Crippen molar-refractivity contribution in [3.05, 3.63) is 59.7 Å². The molecule has 2 saturated heterocycles. The fourth-order valence-electron chi connectivity index (χ4n) is 4.73. The van der Waals surface area contributed by atoms with Gasteiger partial charge in [0.25, 0.3) is 0 Å². The van der Waals surface area contributed by atoms with E-state index in [4.69, 9.17) is 24.4 Å². The van der Waals surface area contributed by atoms with Gasteiger partial charge in [-0.1, -0.05) is 60.8 Å². The number of hydrogen-bond acceptors (Lipinski definition) is 10. The van der Waals surface area contributed by atoms with E-state index in [1.54, 1.807) is 33.7 Å². The third-order valence-corrected chi connectivity index (χ3v) is 11.0. The number of hydrogen-bond donors (Lipinski definition) is 4. The third-order valence-electron chi connectivity index (χ3n) is 7.27. The van der Waals surface area contributed by atoms with Gasteiger partial charge in [0.15, 0.2) is 0 Å². The van der Waals surface area contributed by atoms with E-state index >= 15 is 0 Å². The predicted molar refractivity (Wildman–Crippen MR) is 176 cm³/mol. The van der Waals surface area contributed by atoms with Crippen LogP contribution in [-0.4, -0.2) is 117 Å². The van der Waals surface area contributed by atoms with Crippen LogP contribution < -0.4 is 10.6 Å². The van der Waals surface area contributed by atoms with Crippen molar-refractivity contribution in [3.63, 3.8) is 0 Å². The summed E-state index contributed by atoms with van der Waals surface area (Å²) >= 11 is 11.5. The Kier molecular flexibility index (Phi) is 13.1. The van der Waals surface area contributed by atoms with E-state index in [0.717, 1.165) is 98.3 Å². The zero-order valence-electron chi connectivity index (χ0n) is 22.8. The number of para-hydroxylation sites is 2. The van der Waals surface area contributed by atoms with Crippen LogP contribution >= 0.6 is 46.0 Å². The molecule has 2 aromatic carbocycles. The quantitative estimate of drug-likeness (QED) is 0.179. The van der Waals surface area contributed by atoms with E-state index < -0.39 is 0 Å². The van der Waals surface area contributed by atoms with Crippen molar-refractivity contribution in [2.45, 2.75) is 13.1 Å². The summed E-state index contributed by atoms with van der Waals surface area (Å²) in [6.07, 6.45) is 0. The Morgan fingerprint density at radius 3 is 1.38 bits per heavy atom. The first-order valence-electron chi connectivity index (χ1n) is 13.8. The molecule has 2 fully saturated rings. The van der Waals surface area contributed by atoms with Crippen LogP contribution in [0, 0.1) is 0 Å². The van der Waals surface area contributed by atoms with E-state index in [1.165, 1.54) is 0 Å². The molecule has 2 aromatic rings. The molecule has 4 rings (SSSR count). The topological polar surface area (TPSA) is 77.5 Å². The van der Waals surface area contributed by atoms with Gasteiger partial charge in [-0.2, -0.15) is 0 Å². The summed E-state index contributed by atoms with van der Waals surface area (Å²) in [6.45, 7) is 12.9. The molecule has 12 heteroatoms. The maximum Gasteiger partial charge on any atom is 0.147 e. The van der Waals surface area contributed by atoms with Crippen molar-refractivity contribution in [2.24, 2.45) is 0 Å². The molecule has 0 spiro atoms. The molecular formula is C28H40N6O2S4. The van der Waals surface area contributed by atoms with E-state index in [9.17, 15) is 10.2 Å². The number of thiocarbonyl (C=S) groups is 2. The van der Waals surface area contributed by atoms with Crippen molar-refractivity contribution >= 4 is 54.7 Å². The molecule has 0 unspecified atom stereocenters. The lowest BCUT2D eigenvalue weighted by atomic mass is 10.2. The highest BCUT2D eigenvalue weighted by Gasteiger charge is 2.22. The molecule has 0 atom stereocenters. The van der Waals surface area contributed by atoms with Crippen LogP contribution in [0.1, 0.15) is 11.1 Å². The second-order valence-electron chi connectivity index (χ2n) is 9.97. The van der Waals surface area contributed by atoms with Crippen molar-refractivity contribution in [1.82, 2.24) is 30.2 Å². The Labute approximate surface area is 256 Å². The Morgan fingerprint density at radius 1 is 0.625 bits per heavy atom. The van der Waals surface area contributed by atoms with Gasteiger partial charge < -0.3 is 30.6 Å². The Bertz CT molecular complexity index is 1010. The molecule has 0 saturated carbocycles. The van der Waals surface area contributed by atoms with Crippen molar-refractivity contribution in [2.75, 3.05) is 78.5 Å². The largest absolute Gasteiger partial charge is 0.508 e. The van der Waals surface area contributed by atoms with E-state index in [-0.39, 0.29) is 0 Å². The van der Waals surface area contributed by atoms with E-state index in [2.05, 4.69) is 30.2 Å². The highest BCUT2D eigenvalue weighted by atomic mass is 33.1. The minimum atomic E-state index is 0.347. The summed E-state index contributed by atoms with van der Waals surface area (Å²) in [5.74, 6) is 0.695. The smallest absolute Gasteiger partial charge is 0.147 e. The lowest BCUT2D eigenvalue weighted by Crippen LogP contribution is -2.49. The molecule has 2 aliphatic heterocycles. The molecule has 2 heterocycles. The number of nitrogens with zero attached hydrogens (tertiary/aromatic N) is 4. The normalized spacial score (nSPS) is 16.8. The second-order valence-corrected chi connectivity index (χ2v) is 13.4. The molecule has 0 amide bonds. The monoisotopic (exact) mass is 620 g/mol. The highest BCUT2D eigenvalue weighted by Crippen LogP contribution is 2.29. The number of phenolic OH excluding ortho intramolecular Hbond substituents is 2. The standard InChI is InChI=1S/C28H40N6O2S4/c35-25-7-3-1-5-23(25)21-29-9-11-31-13-17-33(18-14-31)27(37)39-40-28(38)34-19-15-32(16-20-34)12-10-30-22-24-6-2-4-8-26(24)36/h1-8,29-30,35-36H,9-22H2. The second kappa shape index (κ2) is 16.7. The maximum atomic E-state index is 9.88. The average Bonchev–Trinajstić information content (AvgIpc) is 2.98. The van der Waals surface area contributed by atoms with Gasteiger partial charge in [0, 0.05) is 103 Å². The van der Waals surface area contributed by atoms with Crippen molar-refractivity contribution < 1.29 is 10.2 Å². The van der Waals surface area contributed by atoms with Gasteiger partial charge in [0.05, 0.1) is 0 Å². The Hall–Kier alpha value is -1.64. The van der Waals surface area contributed by atoms with E-state index in [1.807, 2.05) is 36.4 Å². The number of nitrogens with one attached hydrogen (secondary N) is 2. The summed E-state index contributed by atoms with van der Waals surface area (Å²) in [4.78, 5) is 9.50. The van der Waals surface area contributed by atoms with Crippen molar-refractivity contribution in [1.29, 1.82) is 0 Å². The molecule has 0 aromatic heterocycles. The summed E-state index contributed by atoms with van der Waals surface area (Å²) in [5, 5.41) is 26.6. The molecule has 4 N–H and O–H groups in total. The first-order valence-corrected chi connectivity index (χ1v) is 16.8. The molecule has 40 heavy (non-hydrogen) atoms. The highest BCUT2D eigenvalue weighted by molar-refractivity contribution is 8.89. The summed E-state index contributed by atoms with van der Waals surface area (Å²) in [7, 11) is 3.23. The summed E-state index contributed by atoms with van der Waals surface area (Å²) in [6, 6.07) is 14.9. The van der Waals surface area contributed by atoms with Crippen LogP contribution in [0.4, 0.5) is 0 Å². The van der Waals surface area contributed by atoms with Crippen molar-refractivity contribution in [3.8, 4) is 11.5 Å². The fraction of sp³-hybridized carbons (Fsp3) is 0.500. The lowest BCUT2D eigenvalue weighted by molar-refractivity contribution is 0.186. The number of aromatic hydroxyl groups is 2. The molecule has 8 nitrogen and oxygen atoms in total. The number of phenols is 2. The minimum Gasteiger partial charge on any atom is -0.508 e. The maximum absolute atomic E-state index is 9.88. The molecule has 0 aliphatic carbocycles. The van der Waals surface area contributed by atoms with Gasteiger partial charge in [-0.3, -0.25) is 9.80 Å². The Balaban J connectivity index is 1.03. The van der Waals surface area contributed by atoms with Gasteiger partial charge in [-0.15, -0.1) is 0 Å². The number of benzene rings is 2. The van der Waals surface area contributed by atoms with Gasteiger partial charge >= 0.3 is 0 Å². The molecule has 218 valence electrons. The zero-order chi connectivity index (χ0) is 28.2. The fourth-order valence-corrected chi connectivity index (χ4v) is 7.48.